The number of amides is 1. The van der Waals surface area contributed by atoms with Crippen molar-refractivity contribution in [3.63, 3.8) is 0 Å². The van der Waals surface area contributed by atoms with Gasteiger partial charge in [-0.1, -0.05) is 0 Å². The maximum atomic E-state index is 13.1. The number of esters is 2. The van der Waals surface area contributed by atoms with E-state index in [9.17, 15) is 14.4 Å². The topological polar surface area (TPSA) is 85.9 Å². The smallest absolute Gasteiger partial charge is 0.309 e. The summed E-state index contributed by atoms with van der Waals surface area (Å²) in [6.45, 7) is 13.0. The number of hydrogen-bond acceptors (Lipinski definition) is 9. The number of carbonyl (C=O) groups is 3. The third kappa shape index (κ3) is 8.13. The van der Waals surface area contributed by atoms with Gasteiger partial charge in [-0.15, -0.1) is 0 Å². The largest absolute Gasteiger partial charge is 0.469 e. The van der Waals surface area contributed by atoms with E-state index in [1.165, 1.54) is 7.11 Å². The minimum absolute atomic E-state index is 0.0151. The molecule has 0 aromatic carbocycles. The van der Waals surface area contributed by atoms with Gasteiger partial charge in [0.2, 0.25) is 5.91 Å². The van der Waals surface area contributed by atoms with Gasteiger partial charge in [0.1, 0.15) is 5.60 Å². The molecule has 0 bridgehead atoms. The zero-order valence-corrected chi connectivity index (χ0v) is 22.3. The maximum absolute atomic E-state index is 13.1. The molecule has 3 aliphatic rings. The van der Waals surface area contributed by atoms with E-state index in [1.54, 1.807) is 0 Å². The van der Waals surface area contributed by atoms with Gasteiger partial charge in [0.25, 0.3) is 0 Å². The Hall–Kier alpha value is -1.75. The zero-order valence-electron chi connectivity index (χ0n) is 22.3. The molecule has 0 aromatic heterocycles. The number of piperazine rings is 1. The summed E-state index contributed by atoms with van der Waals surface area (Å²) in [5, 5.41) is 9.01. The van der Waals surface area contributed by atoms with Crippen LogP contribution in [0, 0.1) is 11.8 Å². The molecular weight excluding hydrogens is 450 g/mol. The van der Waals surface area contributed by atoms with Crippen molar-refractivity contribution in [2.45, 2.75) is 58.5 Å². The maximum Gasteiger partial charge on any atom is 0.309 e. The fourth-order valence-electron chi connectivity index (χ4n) is 5.18. The molecule has 3 rings (SSSR count). The summed E-state index contributed by atoms with van der Waals surface area (Å²) < 4.78 is 10.3. The first kappa shape index (κ1) is 27.8. The number of carbonyl (C=O) groups excluding carboxylic acids is 3. The molecule has 0 aromatic rings. The van der Waals surface area contributed by atoms with E-state index in [0.29, 0.717) is 13.0 Å². The predicted molar refractivity (Wildman–Crippen MR) is 132 cm³/mol. The van der Waals surface area contributed by atoms with Crippen LogP contribution < -0.4 is 0 Å². The van der Waals surface area contributed by atoms with Gasteiger partial charge in [-0.05, 0) is 46.5 Å². The van der Waals surface area contributed by atoms with Crippen LogP contribution >= 0.6 is 0 Å². The monoisotopic (exact) mass is 495 g/mol. The Morgan fingerprint density at radius 1 is 0.829 bits per heavy atom. The summed E-state index contributed by atoms with van der Waals surface area (Å²) in [6.07, 6.45) is 3.70. The Morgan fingerprint density at radius 3 is 1.91 bits per heavy atom. The third-order valence-electron chi connectivity index (χ3n) is 7.35. The molecule has 0 unspecified atom stereocenters. The van der Waals surface area contributed by atoms with E-state index < -0.39 is 5.60 Å². The average molecular weight is 496 g/mol. The molecule has 3 aliphatic heterocycles. The molecule has 0 radical (unpaired) electrons. The van der Waals surface area contributed by atoms with E-state index in [4.69, 9.17) is 9.47 Å². The summed E-state index contributed by atoms with van der Waals surface area (Å²) in [4.78, 5) is 38.9. The van der Waals surface area contributed by atoms with Gasteiger partial charge in [0.15, 0.2) is 0 Å². The van der Waals surface area contributed by atoms with Crippen molar-refractivity contribution < 1.29 is 23.9 Å². The number of nitrogens with zero attached hydrogens (tertiary/aromatic N) is 5. The second kappa shape index (κ2) is 12.5. The number of hydrazine groups is 2. The molecule has 35 heavy (non-hydrogen) atoms. The van der Waals surface area contributed by atoms with Crippen molar-refractivity contribution in [1.29, 1.82) is 0 Å². The lowest BCUT2D eigenvalue weighted by Crippen LogP contribution is -2.58. The zero-order chi connectivity index (χ0) is 25.6. The molecule has 200 valence electrons. The summed E-state index contributed by atoms with van der Waals surface area (Å²) in [5.74, 6) is 0.0713. The normalized spacial score (nSPS) is 22.4. The molecule has 1 amide bonds. The van der Waals surface area contributed by atoms with Crippen molar-refractivity contribution in [3.05, 3.63) is 0 Å². The van der Waals surface area contributed by atoms with E-state index in [0.717, 1.165) is 78.0 Å². The van der Waals surface area contributed by atoms with Gasteiger partial charge < -0.3 is 14.4 Å². The highest BCUT2D eigenvalue weighted by Crippen LogP contribution is 2.25. The van der Waals surface area contributed by atoms with Crippen LogP contribution in [0.1, 0.15) is 52.9 Å². The van der Waals surface area contributed by atoms with Crippen LogP contribution in [0.2, 0.25) is 0 Å². The molecule has 0 spiro atoms. The van der Waals surface area contributed by atoms with Crippen LogP contribution in [0.4, 0.5) is 0 Å². The number of methoxy groups -OCH3 is 1. The second-order valence-electron chi connectivity index (χ2n) is 11.0. The number of ether oxygens (including phenoxy) is 2. The van der Waals surface area contributed by atoms with Crippen LogP contribution in [0.5, 0.6) is 0 Å². The number of hydrogen-bond donors (Lipinski definition) is 0. The van der Waals surface area contributed by atoms with Crippen LogP contribution in [-0.4, -0.2) is 121 Å². The standard InChI is InChI=1S/C25H45N5O5/c1-25(2,3)35-24(33)21-8-14-29(15-9-21)30-18-16-27(17-19-30)23(32)20-6-12-28(13-7-20)26(4)11-10-22(31)34-5/h20-21H,6-19H2,1-5H3. The first-order valence-corrected chi connectivity index (χ1v) is 13.1. The lowest BCUT2D eigenvalue weighted by molar-refractivity contribution is -0.165. The van der Waals surface area contributed by atoms with E-state index in [-0.39, 0.29) is 29.7 Å². The first-order chi connectivity index (χ1) is 16.6. The summed E-state index contributed by atoms with van der Waals surface area (Å²) in [7, 11) is 3.40. The molecule has 10 heteroatoms. The van der Waals surface area contributed by atoms with E-state index >= 15 is 0 Å². The van der Waals surface area contributed by atoms with Crippen molar-refractivity contribution >= 4 is 17.8 Å². The van der Waals surface area contributed by atoms with Crippen LogP contribution in [0.25, 0.3) is 0 Å². The lowest BCUT2D eigenvalue weighted by Gasteiger charge is -2.45. The molecule has 3 saturated heterocycles. The summed E-state index contributed by atoms with van der Waals surface area (Å²) >= 11 is 0. The SMILES string of the molecule is COC(=O)CCN(C)N1CCC(C(=O)N2CCN(N3CCC(C(=O)OC(C)(C)C)CC3)CC2)CC1. The Kier molecular flexibility index (Phi) is 9.92. The molecule has 3 heterocycles. The molecule has 3 fully saturated rings. The Labute approximate surface area is 210 Å². The predicted octanol–water partition coefficient (Wildman–Crippen LogP) is 1.22. The molecular formula is C25H45N5O5. The molecule has 0 aliphatic carbocycles. The summed E-state index contributed by atoms with van der Waals surface area (Å²) in [5.41, 5.74) is -0.436. The third-order valence-corrected chi connectivity index (χ3v) is 7.35. The highest BCUT2D eigenvalue weighted by molar-refractivity contribution is 5.79. The fraction of sp³-hybridized carbons (Fsp3) is 0.880. The van der Waals surface area contributed by atoms with Crippen LogP contribution in [-0.2, 0) is 23.9 Å². The minimum Gasteiger partial charge on any atom is -0.469 e. The minimum atomic E-state index is -0.436. The van der Waals surface area contributed by atoms with E-state index in [2.05, 4.69) is 20.0 Å². The molecule has 0 atom stereocenters. The van der Waals surface area contributed by atoms with Gasteiger partial charge >= 0.3 is 11.9 Å². The van der Waals surface area contributed by atoms with Crippen molar-refractivity contribution in [1.82, 2.24) is 24.9 Å². The van der Waals surface area contributed by atoms with Gasteiger partial charge in [-0.2, -0.15) is 0 Å². The van der Waals surface area contributed by atoms with Gasteiger partial charge in [-0.25, -0.2) is 20.0 Å². The van der Waals surface area contributed by atoms with Gasteiger partial charge in [-0.3, -0.25) is 14.4 Å². The van der Waals surface area contributed by atoms with Crippen LogP contribution in [0.15, 0.2) is 0 Å². The highest BCUT2D eigenvalue weighted by atomic mass is 16.6. The summed E-state index contributed by atoms with van der Waals surface area (Å²) in [6, 6.07) is 0. The second-order valence-corrected chi connectivity index (χ2v) is 11.0. The Morgan fingerprint density at radius 2 is 1.37 bits per heavy atom. The van der Waals surface area contributed by atoms with Gasteiger partial charge in [0.05, 0.1) is 19.4 Å². The van der Waals surface area contributed by atoms with E-state index in [1.807, 2.05) is 32.7 Å². The van der Waals surface area contributed by atoms with Crippen molar-refractivity contribution in [2.75, 3.05) is 73.1 Å². The number of piperidine rings is 2. The fourth-order valence-corrected chi connectivity index (χ4v) is 5.18. The molecule has 10 nitrogen and oxygen atoms in total. The van der Waals surface area contributed by atoms with Crippen molar-refractivity contribution in [3.8, 4) is 0 Å². The average Bonchev–Trinajstić information content (AvgIpc) is 2.86. The number of rotatable bonds is 7. The van der Waals surface area contributed by atoms with Gasteiger partial charge in [0, 0.05) is 71.9 Å². The van der Waals surface area contributed by atoms with Crippen LogP contribution in [0.3, 0.4) is 0 Å². The Bertz CT molecular complexity index is 718. The lowest BCUT2D eigenvalue weighted by atomic mass is 9.95. The molecule has 0 saturated carbocycles. The van der Waals surface area contributed by atoms with Crippen molar-refractivity contribution in [2.24, 2.45) is 11.8 Å². The highest BCUT2D eigenvalue weighted by Gasteiger charge is 2.34. The Balaban J connectivity index is 1.36. The first-order valence-electron chi connectivity index (χ1n) is 13.1. The molecule has 0 N–H and O–H groups in total. The quantitative estimate of drug-likeness (QED) is 0.484.